The van der Waals surface area contributed by atoms with Gasteiger partial charge in [-0.2, -0.15) is 0 Å². The quantitative estimate of drug-likeness (QED) is 0.591. The maximum Gasteiger partial charge on any atom is 0.124 e. The van der Waals surface area contributed by atoms with Crippen molar-refractivity contribution in [2.45, 2.75) is 27.2 Å². The van der Waals surface area contributed by atoms with E-state index in [-0.39, 0.29) is 0 Å². The Morgan fingerprint density at radius 3 is 2.41 bits per heavy atom. The van der Waals surface area contributed by atoms with Gasteiger partial charge < -0.3 is 4.74 Å². The van der Waals surface area contributed by atoms with Gasteiger partial charge in [0, 0.05) is 6.54 Å². The minimum absolute atomic E-state index is 0.577. The number of likely N-dealkylation sites (N-methyl/N-ethyl adjacent to an activating group) is 1. The Bertz CT molecular complexity index is 390. The van der Waals surface area contributed by atoms with E-state index in [1.165, 1.54) is 22.3 Å². The van der Waals surface area contributed by atoms with Crippen LogP contribution < -0.4 is 4.74 Å². The van der Waals surface area contributed by atoms with E-state index in [1.807, 2.05) is 7.05 Å². The predicted octanol–water partition coefficient (Wildman–Crippen LogP) is 3.29. The van der Waals surface area contributed by atoms with Gasteiger partial charge in [0.15, 0.2) is 0 Å². The molecule has 0 amide bonds. The third kappa shape index (κ3) is 3.36. The van der Waals surface area contributed by atoms with E-state index in [1.54, 1.807) is 7.11 Å². The van der Waals surface area contributed by atoms with Crippen molar-refractivity contribution in [1.29, 1.82) is 0 Å². The molecule has 17 heavy (non-hydrogen) atoms. The lowest BCUT2D eigenvalue weighted by Gasteiger charge is -2.18. The molecule has 0 radical (unpaired) electrons. The van der Waals surface area contributed by atoms with Gasteiger partial charge in [-0.25, -0.2) is 0 Å². The van der Waals surface area contributed by atoms with E-state index in [9.17, 15) is 0 Å². The molecule has 96 valence electrons. The molecule has 1 aromatic rings. The van der Waals surface area contributed by atoms with Gasteiger partial charge in [0.25, 0.3) is 0 Å². The Hall–Kier alpha value is -0.730. The van der Waals surface area contributed by atoms with Crippen LogP contribution >= 0.6 is 11.6 Å². The van der Waals surface area contributed by atoms with Crippen LogP contribution in [0, 0.1) is 20.8 Å². The zero-order valence-electron chi connectivity index (χ0n) is 11.4. The molecule has 0 heterocycles. The second-order valence-electron chi connectivity index (χ2n) is 4.59. The van der Waals surface area contributed by atoms with Crippen molar-refractivity contribution in [3.63, 3.8) is 0 Å². The summed E-state index contributed by atoms with van der Waals surface area (Å²) in [6, 6.07) is 2.80. The first-order valence-electron chi connectivity index (χ1n) is 5.89. The molecule has 0 spiro atoms. The Morgan fingerprint density at radius 1 is 1.24 bits per heavy atom. The first-order chi connectivity index (χ1) is 8.01. The van der Waals surface area contributed by atoms with Crippen molar-refractivity contribution in [2.24, 2.45) is 0 Å². The minimum atomic E-state index is 0.577. The number of aryl methyl sites for hydroxylation is 1. The highest BCUT2D eigenvalue weighted by atomic mass is 35.5. The topological polar surface area (TPSA) is 12.5 Å². The number of benzene rings is 1. The summed E-state index contributed by atoms with van der Waals surface area (Å²) in [4.78, 5) is 2.11. The monoisotopic (exact) mass is 255 g/mol. The largest absolute Gasteiger partial charge is 0.496 e. The van der Waals surface area contributed by atoms with Gasteiger partial charge in [0.05, 0.1) is 13.1 Å². The SMILES string of the molecule is COc1c(C)cc(CCN(C)CCl)c(C)c1C. The Kier molecular flexibility index (Phi) is 5.29. The summed E-state index contributed by atoms with van der Waals surface area (Å²) in [5.74, 6) is 1.01. The first-order valence-corrected chi connectivity index (χ1v) is 6.42. The van der Waals surface area contributed by atoms with Crippen LogP contribution in [0.15, 0.2) is 6.07 Å². The molecule has 0 aliphatic carbocycles. The molecule has 0 bridgehead atoms. The smallest absolute Gasteiger partial charge is 0.124 e. The van der Waals surface area contributed by atoms with E-state index in [2.05, 4.69) is 31.7 Å². The Labute approximate surface area is 110 Å². The molecule has 0 fully saturated rings. The molecule has 1 aromatic carbocycles. The highest BCUT2D eigenvalue weighted by molar-refractivity contribution is 6.17. The van der Waals surface area contributed by atoms with E-state index in [4.69, 9.17) is 16.3 Å². The van der Waals surface area contributed by atoms with Gasteiger partial charge in [0.2, 0.25) is 0 Å². The van der Waals surface area contributed by atoms with Crippen molar-refractivity contribution in [2.75, 3.05) is 26.7 Å². The number of nitrogens with zero attached hydrogens (tertiary/aromatic N) is 1. The minimum Gasteiger partial charge on any atom is -0.496 e. The van der Waals surface area contributed by atoms with Crippen LogP contribution in [0.5, 0.6) is 5.75 Å². The highest BCUT2D eigenvalue weighted by Crippen LogP contribution is 2.28. The Balaban J connectivity index is 2.94. The summed E-state index contributed by atoms with van der Waals surface area (Å²) < 4.78 is 5.43. The second-order valence-corrected chi connectivity index (χ2v) is 4.82. The van der Waals surface area contributed by atoms with Gasteiger partial charge in [-0.05, 0) is 56.5 Å². The lowest BCUT2D eigenvalue weighted by molar-refractivity contribution is 0.392. The van der Waals surface area contributed by atoms with Crippen molar-refractivity contribution >= 4 is 11.6 Å². The van der Waals surface area contributed by atoms with E-state index in [0.717, 1.165) is 18.7 Å². The molecule has 0 atom stereocenters. The van der Waals surface area contributed by atoms with Gasteiger partial charge in [-0.1, -0.05) is 6.07 Å². The molecule has 0 aliphatic heterocycles. The summed E-state index contributed by atoms with van der Waals surface area (Å²) in [7, 11) is 3.77. The zero-order chi connectivity index (χ0) is 13.0. The van der Waals surface area contributed by atoms with E-state index >= 15 is 0 Å². The summed E-state index contributed by atoms with van der Waals surface area (Å²) >= 11 is 5.77. The van der Waals surface area contributed by atoms with Crippen LogP contribution in [0.1, 0.15) is 22.3 Å². The normalized spacial score (nSPS) is 11.0. The fraction of sp³-hybridized carbons (Fsp3) is 0.571. The lowest BCUT2D eigenvalue weighted by atomic mass is 9.96. The number of alkyl halides is 1. The van der Waals surface area contributed by atoms with Crippen LogP contribution in [-0.4, -0.2) is 31.6 Å². The van der Waals surface area contributed by atoms with Crippen LogP contribution in [0.3, 0.4) is 0 Å². The van der Waals surface area contributed by atoms with Gasteiger partial charge >= 0.3 is 0 Å². The molecule has 0 saturated heterocycles. The van der Waals surface area contributed by atoms with Gasteiger partial charge in [-0.3, -0.25) is 4.90 Å². The molecular formula is C14H22ClNO. The molecule has 0 saturated carbocycles. The van der Waals surface area contributed by atoms with Crippen molar-refractivity contribution in [3.8, 4) is 5.75 Å². The lowest BCUT2D eigenvalue weighted by Crippen LogP contribution is -2.19. The molecule has 0 aliphatic rings. The van der Waals surface area contributed by atoms with E-state index in [0.29, 0.717) is 6.00 Å². The molecular weight excluding hydrogens is 234 g/mol. The highest BCUT2D eigenvalue weighted by Gasteiger charge is 2.10. The second kappa shape index (κ2) is 6.27. The zero-order valence-corrected chi connectivity index (χ0v) is 12.2. The van der Waals surface area contributed by atoms with E-state index < -0.39 is 0 Å². The van der Waals surface area contributed by atoms with Crippen LogP contribution in [0.2, 0.25) is 0 Å². The molecule has 2 nitrogen and oxygen atoms in total. The van der Waals surface area contributed by atoms with Crippen molar-refractivity contribution < 1.29 is 4.74 Å². The van der Waals surface area contributed by atoms with Gasteiger partial charge in [0.1, 0.15) is 5.75 Å². The average molecular weight is 256 g/mol. The first kappa shape index (κ1) is 14.3. The standard InChI is InChI=1S/C14H22ClNO/c1-10-8-13(6-7-16(4)9-15)11(2)12(3)14(10)17-5/h8H,6-7,9H2,1-5H3. The van der Waals surface area contributed by atoms with Gasteiger partial charge in [-0.15, -0.1) is 11.6 Å². The third-order valence-electron chi connectivity index (χ3n) is 3.30. The third-order valence-corrected chi connectivity index (χ3v) is 3.71. The summed E-state index contributed by atoms with van der Waals surface area (Å²) in [5.41, 5.74) is 5.17. The number of hydrogen-bond donors (Lipinski definition) is 0. The average Bonchev–Trinajstić information content (AvgIpc) is 2.32. The number of halogens is 1. The number of methoxy groups -OCH3 is 1. The summed E-state index contributed by atoms with van der Waals surface area (Å²) in [6.07, 6.45) is 1.03. The molecule has 0 unspecified atom stereocenters. The van der Waals surface area contributed by atoms with Crippen molar-refractivity contribution in [3.05, 3.63) is 28.3 Å². The summed E-state index contributed by atoms with van der Waals surface area (Å²) in [6.45, 7) is 7.36. The predicted molar refractivity (Wildman–Crippen MR) is 74.3 cm³/mol. The number of ether oxygens (including phenoxy) is 1. The van der Waals surface area contributed by atoms with Crippen molar-refractivity contribution in [1.82, 2.24) is 4.90 Å². The maximum atomic E-state index is 5.77. The van der Waals surface area contributed by atoms with Crippen LogP contribution in [0.4, 0.5) is 0 Å². The Morgan fingerprint density at radius 2 is 1.88 bits per heavy atom. The molecule has 3 heteroatoms. The maximum absolute atomic E-state index is 5.77. The summed E-state index contributed by atoms with van der Waals surface area (Å²) in [5, 5.41) is 0. The van der Waals surface area contributed by atoms with Crippen LogP contribution in [-0.2, 0) is 6.42 Å². The molecule has 1 rings (SSSR count). The van der Waals surface area contributed by atoms with Crippen LogP contribution in [0.25, 0.3) is 0 Å². The fourth-order valence-electron chi connectivity index (χ4n) is 2.09. The fourth-order valence-corrected chi connectivity index (χ4v) is 2.21. The molecule has 0 aromatic heterocycles. The molecule has 0 N–H and O–H groups in total. The number of hydrogen-bond acceptors (Lipinski definition) is 2. The number of rotatable bonds is 5.